The predicted octanol–water partition coefficient (Wildman–Crippen LogP) is 13.8. The molecule has 0 unspecified atom stereocenters. The van der Waals surface area contributed by atoms with E-state index >= 15 is 0 Å². The number of benzene rings is 8. The third-order valence-electron chi connectivity index (χ3n) is 9.21. The highest BCUT2D eigenvalue weighted by atomic mass is 32.1. The van der Waals surface area contributed by atoms with Gasteiger partial charge in [-0.25, -0.2) is 0 Å². The van der Waals surface area contributed by atoms with E-state index in [1.165, 1.54) is 53.2 Å². The summed E-state index contributed by atoms with van der Waals surface area (Å²) in [6, 6.07) is 67.5. The monoisotopic (exact) mass is 644 g/mol. The first-order valence-corrected chi connectivity index (χ1v) is 17.4. The number of rotatable bonds is 7. The van der Waals surface area contributed by atoms with Crippen LogP contribution in [0.25, 0.3) is 53.2 Å². The molecule has 0 saturated carbocycles. The van der Waals surface area contributed by atoms with Crippen LogP contribution in [0.1, 0.15) is 0 Å². The molecule has 0 atom stereocenters. The Bertz CT molecular complexity index is 2570. The zero-order chi connectivity index (χ0) is 32.6. The molecule has 0 aliphatic rings. The third-order valence-corrected chi connectivity index (χ3v) is 10.3. The second-order valence-electron chi connectivity index (χ2n) is 12.3. The van der Waals surface area contributed by atoms with Crippen LogP contribution in [-0.4, -0.2) is 0 Å². The minimum Gasteiger partial charge on any atom is -0.355 e. The highest BCUT2D eigenvalue weighted by Crippen LogP contribution is 2.43. The molecule has 3 heteroatoms. The van der Waals surface area contributed by atoms with E-state index in [1.807, 2.05) is 17.4 Å². The Morgan fingerprint density at radius 3 is 1.86 bits per heavy atom. The van der Waals surface area contributed by atoms with Gasteiger partial charge in [-0.05, 0) is 94.4 Å². The highest BCUT2D eigenvalue weighted by Gasteiger charge is 2.18. The van der Waals surface area contributed by atoms with E-state index in [4.69, 9.17) is 0 Å². The number of hydrogen-bond donors (Lipinski definition) is 1. The van der Waals surface area contributed by atoms with E-state index in [0.29, 0.717) is 0 Å². The van der Waals surface area contributed by atoms with Crippen LogP contribution in [0.4, 0.5) is 28.4 Å². The first-order valence-electron chi connectivity index (χ1n) is 16.6. The molecule has 1 heterocycles. The third kappa shape index (κ3) is 5.50. The summed E-state index contributed by atoms with van der Waals surface area (Å²) < 4.78 is 2.57. The fourth-order valence-corrected chi connectivity index (χ4v) is 8.02. The normalized spacial score (nSPS) is 11.3. The Morgan fingerprint density at radius 1 is 0.367 bits per heavy atom. The number of anilines is 5. The largest absolute Gasteiger partial charge is 0.355 e. The molecule has 2 nitrogen and oxygen atoms in total. The standard InChI is InChI=1S/C46H32N2S/c1-4-13-32(14-5-1)39-26-27-44(41-22-11-10-21-40(39)41)48(37-18-8-3-9-19-37)38-20-12-15-33(29-38)34-23-28-45-43(30-34)42-25-24-36(31-46(42)49-45)47-35-16-6-2-7-17-35/h1-31,47H. The summed E-state index contributed by atoms with van der Waals surface area (Å²) in [4.78, 5) is 2.39. The second-order valence-corrected chi connectivity index (χ2v) is 13.4. The van der Waals surface area contributed by atoms with E-state index in [1.54, 1.807) is 0 Å². The van der Waals surface area contributed by atoms with Crippen LogP contribution in [0.5, 0.6) is 0 Å². The number of thiophene rings is 1. The molecule has 0 amide bonds. The summed E-state index contributed by atoms with van der Waals surface area (Å²) in [6.07, 6.45) is 0. The molecule has 9 aromatic rings. The number of fused-ring (bicyclic) bond motifs is 4. The number of nitrogens with zero attached hydrogens (tertiary/aromatic N) is 1. The quantitative estimate of drug-likeness (QED) is 0.186. The van der Waals surface area contributed by atoms with Crippen molar-refractivity contribution in [2.75, 3.05) is 10.2 Å². The number of para-hydroxylation sites is 2. The van der Waals surface area contributed by atoms with Gasteiger partial charge in [0, 0.05) is 48.3 Å². The highest BCUT2D eigenvalue weighted by molar-refractivity contribution is 7.25. The first kappa shape index (κ1) is 29.0. The summed E-state index contributed by atoms with van der Waals surface area (Å²) in [5, 5.41) is 8.57. The molecule has 0 saturated heterocycles. The lowest BCUT2D eigenvalue weighted by molar-refractivity contribution is 1.30. The van der Waals surface area contributed by atoms with Crippen molar-refractivity contribution >= 4 is 70.7 Å². The first-order chi connectivity index (χ1) is 24.3. The lowest BCUT2D eigenvalue weighted by atomic mass is 9.96. The number of nitrogens with one attached hydrogen (secondary N) is 1. The van der Waals surface area contributed by atoms with Crippen LogP contribution in [-0.2, 0) is 0 Å². The lowest BCUT2D eigenvalue weighted by Gasteiger charge is -2.28. The van der Waals surface area contributed by atoms with Crippen LogP contribution in [0.3, 0.4) is 0 Å². The van der Waals surface area contributed by atoms with Crippen LogP contribution in [0.15, 0.2) is 188 Å². The topological polar surface area (TPSA) is 15.3 Å². The van der Waals surface area contributed by atoms with Crippen molar-refractivity contribution in [3.8, 4) is 22.3 Å². The summed E-state index contributed by atoms with van der Waals surface area (Å²) in [7, 11) is 0. The zero-order valence-corrected chi connectivity index (χ0v) is 27.6. The van der Waals surface area contributed by atoms with Gasteiger partial charge in [0.2, 0.25) is 0 Å². The fraction of sp³-hybridized carbons (Fsp3) is 0. The lowest BCUT2D eigenvalue weighted by Crippen LogP contribution is -2.10. The Kier molecular flexibility index (Phi) is 7.38. The molecule has 0 spiro atoms. The van der Waals surface area contributed by atoms with Crippen molar-refractivity contribution < 1.29 is 0 Å². The molecule has 1 N–H and O–H groups in total. The minimum absolute atomic E-state index is 1.09. The predicted molar refractivity (Wildman–Crippen MR) is 212 cm³/mol. The molecule has 8 aromatic carbocycles. The van der Waals surface area contributed by atoms with Gasteiger partial charge in [0.15, 0.2) is 0 Å². The van der Waals surface area contributed by atoms with Gasteiger partial charge < -0.3 is 10.2 Å². The average Bonchev–Trinajstić information content (AvgIpc) is 3.53. The maximum Gasteiger partial charge on any atom is 0.0540 e. The van der Waals surface area contributed by atoms with E-state index in [-0.39, 0.29) is 0 Å². The van der Waals surface area contributed by atoms with E-state index in [0.717, 1.165) is 28.4 Å². The van der Waals surface area contributed by atoms with Gasteiger partial charge >= 0.3 is 0 Å². The summed E-state index contributed by atoms with van der Waals surface area (Å²) >= 11 is 1.85. The Balaban J connectivity index is 1.14. The van der Waals surface area contributed by atoms with Gasteiger partial charge in [-0.2, -0.15) is 0 Å². The Hall–Kier alpha value is -6.16. The molecule has 1 aromatic heterocycles. The van der Waals surface area contributed by atoms with E-state index in [2.05, 4.69) is 192 Å². The van der Waals surface area contributed by atoms with Crippen LogP contribution in [0.2, 0.25) is 0 Å². The maximum absolute atomic E-state index is 3.55. The zero-order valence-electron chi connectivity index (χ0n) is 26.8. The van der Waals surface area contributed by atoms with Crippen LogP contribution >= 0.6 is 11.3 Å². The van der Waals surface area contributed by atoms with Crippen molar-refractivity contribution in [3.05, 3.63) is 188 Å². The molecule has 0 aliphatic heterocycles. The Morgan fingerprint density at radius 2 is 1.04 bits per heavy atom. The summed E-state index contributed by atoms with van der Waals surface area (Å²) in [5.41, 5.74) is 10.4. The average molecular weight is 645 g/mol. The summed E-state index contributed by atoms with van der Waals surface area (Å²) in [6.45, 7) is 0. The molecule has 9 rings (SSSR count). The van der Waals surface area contributed by atoms with Crippen molar-refractivity contribution in [1.82, 2.24) is 0 Å². The van der Waals surface area contributed by atoms with Crippen LogP contribution in [0, 0.1) is 0 Å². The molecule has 49 heavy (non-hydrogen) atoms. The van der Waals surface area contributed by atoms with Gasteiger partial charge in [0.1, 0.15) is 0 Å². The molecule has 0 fully saturated rings. The summed E-state index contributed by atoms with van der Waals surface area (Å²) in [5.74, 6) is 0. The van der Waals surface area contributed by atoms with Gasteiger partial charge in [0.05, 0.1) is 5.69 Å². The Labute approximate surface area is 290 Å². The van der Waals surface area contributed by atoms with Gasteiger partial charge in [-0.15, -0.1) is 11.3 Å². The SMILES string of the molecule is c1ccc(Nc2ccc3c(c2)sc2ccc(-c4cccc(N(c5ccccc5)c5ccc(-c6ccccc6)c6ccccc56)c4)cc23)cc1. The van der Waals surface area contributed by atoms with Gasteiger partial charge in [-0.3, -0.25) is 0 Å². The molecule has 0 bridgehead atoms. The van der Waals surface area contributed by atoms with Gasteiger partial charge in [0.25, 0.3) is 0 Å². The van der Waals surface area contributed by atoms with Crippen LogP contribution < -0.4 is 10.2 Å². The van der Waals surface area contributed by atoms with E-state index < -0.39 is 0 Å². The molecule has 0 aliphatic carbocycles. The van der Waals surface area contributed by atoms with Crippen molar-refractivity contribution in [1.29, 1.82) is 0 Å². The molecule has 232 valence electrons. The maximum atomic E-state index is 3.55. The van der Waals surface area contributed by atoms with Crippen molar-refractivity contribution in [2.45, 2.75) is 0 Å². The van der Waals surface area contributed by atoms with E-state index in [9.17, 15) is 0 Å². The van der Waals surface area contributed by atoms with Crippen molar-refractivity contribution in [3.63, 3.8) is 0 Å². The smallest absolute Gasteiger partial charge is 0.0540 e. The minimum atomic E-state index is 1.09. The number of hydrogen-bond acceptors (Lipinski definition) is 3. The molecular formula is C46H32N2S. The second kappa shape index (κ2) is 12.5. The molecule has 0 radical (unpaired) electrons. The van der Waals surface area contributed by atoms with Gasteiger partial charge in [-0.1, -0.05) is 121 Å². The molecular weight excluding hydrogens is 613 g/mol. The van der Waals surface area contributed by atoms with Crippen molar-refractivity contribution in [2.24, 2.45) is 0 Å². The fourth-order valence-electron chi connectivity index (χ4n) is 6.90.